The van der Waals surface area contributed by atoms with Gasteiger partial charge < -0.3 is 24.4 Å². The smallest absolute Gasteiger partial charge is 0.320 e. The van der Waals surface area contributed by atoms with E-state index in [1.54, 1.807) is 18.3 Å². The number of carboxylic acid groups (broad SMARTS) is 1. The van der Waals surface area contributed by atoms with Crippen LogP contribution in [0.2, 0.25) is 5.02 Å². The average Bonchev–Trinajstić information content (AvgIpc) is 3.44. The highest BCUT2D eigenvalue weighted by molar-refractivity contribution is 6.32. The molecular formula is C45H51ClN4O6. The number of halogens is 1. The number of hydrogen-bond acceptors (Lipinski definition) is 9. The van der Waals surface area contributed by atoms with E-state index in [1.165, 1.54) is 19.0 Å². The number of aliphatic carboxylic acids is 1. The second-order valence-corrected chi connectivity index (χ2v) is 15.9. The zero-order valence-corrected chi connectivity index (χ0v) is 33.0. The van der Waals surface area contributed by atoms with Crippen LogP contribution in [-0.4, -0.2) is 74.9 Å². The Bertz CT molecular complexity index is 2050. The quantitative estimate of drug-likeness (QED) is 0.114. The second-order valence-electron chi connectivity index (χ2n) is 15.5. The van der Waals surface area contributed by atoms with Gasteiger partial charge in [-0.1, -0.05) is 48.4 Å². The number of nitrogens with zero attached hydrogens (tertiary/aromatic N) is 4. The van der Waals surface area contributed by atoms with Crippen molar-refractivity contribution in [2.45, 2.75) is 109 Å². The highest BCUT2D eigenvalue weighted by Gasteiger charge is 2.39. The lowest BCUT2D eigenvalue weighted by molar-refractivity contribution is -0.144. The van der Waals surface area contributed by atoms with Crippen molar-refractivity contribution in [3.63, 3.8) is 0 Å². The van der Waals surface area contributed by atoms with Gasteiger partial charge in [0.1, 0.15) is 42.6 Å². The normalized spacial score (nSPS) is 21.1. The van der Waals surface area contributed by atoms with E-state index in [0.29, 0.717) is 60.3 Å². The monoisotopic (exact) mass is 778 g/mol. The second kappa shape index (κ2) is 18.1. The topological polar surface area (TPSA) is 128 Å². The molecule has 0 aliphatic carbocycles. The van der Waals surface area contributed by atoms with Gasteiger partial charge in [-0.05, 0) is 111 Å². The van der Waals surface area contributed by atoms with Crippen molar-refractivity contribution in [2.75, 3.05) is 19.7 Å². The third-order valence-electron chi connectivity index (χ3n) is 11.8. The molecule has 0 amide bonds. The Balaban J connectivity index is 1.05. The lowest BCUT2D eigenvalue weighted by atomic mass is 9.93. The maximum Gasteiger partial charge on any atom is 0.320 e. The molecule has 3 aromatic carbocycles. The number of hydrogen-bond donors (Lipinski definition) is 2. The van der Waals surface area contributed by atoms with E-state index >= 15 is 0 Å². The number of likely N-dealkylation sites (tertiary alicyclic amines) is 1. The molecule has 0 saturated carbocycles. The van der Waals surface area contributed by atoms with Crippen molar-refractivity contribution >= 4 is 17.6 Å². The predicted molar refractivity (Wildman–Crippen MR) is 215 cm³/mol. The summed E-state index contributed by atoms with van der Waals surface area (Å²) >= 11 is 6.88. The number of fused-ring (bicyclic) bond motifs is 2. The molecule has 0 spiro atoms. The first-order valence-electron chi connectivity index (χ1n) is 19.8. The molecule has 7 rings (SSSR count). The van der Waals surface area contributed by atoms with Gasteiger partial charge in [-0.15, -0.1) is 0 Å². The van der Waals surface area contributed by atoms with Crippen molar-refractivity contribution in [1.29, 1.82) is 5.26 Å². The van der Waals surface area contributed by atoms with E-state index in [9.17, 15) is 20.3 Å². The molecule has 3 saturated heterocycles. The molecule has 1 unspecified atom stereocenters. The van der Waals surface area contributed by atoms with E-state index in [0.717, 1.165) is 83.3 Å². The molecule has 4 aromatic rings. The summed E-state index contributed by atoms with van der Waals surface area (Å²) in [5.74, 6) is 1.03. The van der Waals surface area contributed by atoms with Crippen LogP contribution >= 0.6 is 11.6 Å². The summed E-state index contributed by atoms with van der Waals surface area (Å²) in [6, 6.07) is 20.3. The first-order valence-corrected chi connectivity index (χ1v) is 20.2. The Kier molecular flexibility index (Phi) is 12.8. The number of nitriles is 1. The molecule has 1 aromatic heterocycles. The SMILES string of the molecule is Cc1c(COc2cc(OCc3cncc(C#N)c3)c(CN3CCCC[C@H]3C(=O)O)cc2Cl)cccc1-c1cccc(OCCCN2[C@@H]3CC[C@H]2CC(O)C3)c1C. The Morgan fingerprint density at radius 3 is 2.41 bits per heavy atom. The van der Waals surface area contributed by atoms with Crippen molar-refractivity contribution in [1.82, 2.24) is 14.8 Å². The summed E-state index contributed by atoms with van der Waals surface area (Å²) in [6.45, 7) is 7.30. The lowest BCUT2D eigenvalue weighted by Crippen LogP contribution is -2.45. The van der Waals surface area contributed by atoms with Crippen LogP contribution in [0.25, 0.3) is 11.1 Å². The molecule has 2 bridgehead atoms. The van der Waals surface area contributed by atoms with Crippen LogP contribution in [0.15, 0.2) is 67.0 Å². The van der Waals surface area contributed by atoms with Gasteiger partial charge in [-0.25, -0.2) is 0 Å². The zero-order valence-electron chi connectivity index (χ0n) is 32.3. The summed E-state index contributed by atoms with van der Waals surface area (Å²) in [5, 5.41) is 29.9. The Morgan fingerprint density at radius 1 is 0.893 bits per heavy atom. The summed E-state index contributed by atoms with van der Waals surface area (Å²) < 4.78 is 19.1. The minimum absolute atomic E-state index is 0.147. The molecule has 56 heavy (non-hydrogen) atoms. The fraction of sp³-hybridized carbons (Fsp3) is 0.444. The number of carboxylic acids is 1. The predicted octanol–water partition coefficient (Wildman–Crippen LogP) is 8.24. The van der Waals surface area contributed by atoms with Gasteiger partial charge in [0.15, 0.2) is 0 Å². The van der Waals surface area contributed by atoms with Gasteiger partial charge in [0.2, 0.25) is 0 Å². The van der Waals surface area contributed by atoms with E-state index in [-0.39, 0.29) is 19.3 Å². The van der Waals surface area contributed by atoms with Gasteiger partial charge in [-0.2, -0.15) is 5.26 Å². The summed E-state index contributed by atoms with van der Waals surface area (Å²) in [7, 11) is 0. The van der Waals surface area contributed by atoms with Crippen molar-refractivity contribution < 1.29 is 29.2 Å². The van der Waals surface area contributed by atoms with Crippen molar-refractivity contribution in [3.05, 3.63) is 105 Å². The molecule has 3 fully saturated rings. The maximum absolute atomic E-state index is 12.1. The minimum Gasteiger partial charge on any atom is -0.493 e. The number of pyridine rings is 1. The molecule has 0 radical (unpaired) electrons. The minimum atomic E-state index is -0.831. The van der Waals surface area contributed by atoms with Crippen LogP contribution in [-0.2, 0) is 24.6 Å². The van der Waals surface area contributed by atoms with Crippen molar-refractivity contribution in [2.24, 2.45) is 0 Å². The number of aliphatic hydroxyl groups excluding tert-OH is 1. The first-order chi connectivity index (χ1) is 27.2. The molecule has 11 heteroatoms. The maximum atomic E-state index is 12.1. The number of piperidine rings is 2. The Morgan fingerprint density at radius 2 is 1.64 bits per heavy atom. The zero-order chi connectivity index (χ0) is 39.2. The molecule has 10 nitrogen and oxygen atoms in total. The Labute approximate surface area is 334 Å². The van der Waals surface area contributed by atoms with E-state index in [4.69, 9.17) is 25.8 Å². The van der Waals surface area contributed by atoms with Gasteiger partial charge >= 0.3 is 5.97 Å². The largest absolute Gasteiger partial charge is 0.493 e. The third kappa shape index (κ3) is 9.14. The summed E-state index contributed by atoms with van der Waals surface area (Å²) in [5.41, 5.74) is 7.33. The number of aromatic nitrogens is 1. The van der Waals surface area contributed by atoms with E-state index in [2.05, 4.69) is 48.0 Å². The molecule has 294 valence electrons. The van der Waals surface area contributed by atoms with Gasteiger partial charge in [0, 0.05) is 54.8 Å². The average molecular weight is 779 g/mol. The fourth-order valence-electron chi connectivity index (χ4n) is 8.80. The van der Waals surface area contributed by atoms with Crippen LogP contribution in [0, 0.1) is 25.2 Å². The van der Waals surface area contributed by atoms with E-state index in [1.807, 2.05) is 29.2 Å². The molecule has 4 atom stereocenters. The molecule has 3 aliphatic heterocycles. The number of benzene rings is 3. The van der Waals surface area contributed by atoms with Gasteiger partial charge in [0.25, 0.3) is 0 Å². The molecule has 4 heterocycles. The molecule has 3 aliphatic rings. The lowest BCUT2D eigenvalue weighted by Gasteiger charge is -2.37. The Hall–Kier alpha value is -4.66. The molecule has 2 N–H and O–H groups in total. The highest BCUT2D eigenvalue weighted by Crippen LogP contribution is 2.38. The fourth-order valence-corrected chi connectivity index (χ4v) is 9.04. The molecular weight excluding hydrogens is 728 g/mol. The third-order valence-corrected chi connectivity index (χ3v) is 12.1. The number of aliphatic hydroxyl groups is 1. The van der Waals surface area contributed by atoms with Gasteiger partial charge in [0.05, 0.1) is 23.3 Å². The standard InChI is InChI=1S/C45H51ClN4O6/c1-29-33(8-5-9-38(29)39-10-6-12-42(30(39)2)54-17-7-16-50-35-13-14-36(50)21-37(51)20-35)28-56-44-22-43(55-27-32-18-31(23-47)24-48-25-32)34(19-40(44)46)26-49-15-4-3-11-41(49)45(52)53/h5-6,8-10,12,18-19,22,24-25,35-37,41,51H,3-4,7,11,13-17,20-21,26-28H2,1-2H3,(H,52,53)/t35-,36+,37?,41-/m0/s1. The van der Waals surface area contributed by atoms with Crippen LogP contribution in [0.4, 0.5) is 0 Å². The first kappa shape index (κ1) is 39.6. The van der Waals surface area contributed by atoms with Gasteiger partial charge in [-0.3, -0.25) is 19.6 Å². The van der Waals surface area contributed by atoms with Crippen LogP contribution in [0.3, 0.4) is 0 Å². The summed E-state index contributed by atoms with van der Waals surface area (Å²) in [4.78, 5) is 20.8. The highest BCUT2D eigenvalue weighted by atomic mass is 35.5. The van der Waals surface area contributed by atoms with E-state index < -0.39 is 12.0 Å². The number of ether oxygens (including phenoxy) is 3. The van der Waals surface area contributed by atoms with Crippen LogP contribution < -0.4 is 14.2 Å². The van der Waals surface area contributed by atoms with Crippen molar-refractivity contribution in [3.8, 4) is 34.4 Å². The van der Waals surface area contributed by atoms with Crippen LogP contribution in [0.1, 0.15) is 84.7 Å². The number of rotatable bonds is 15. The summed E-state index contributed by atoms with van der Waals surface area (Å²) in [6.07, 6.45) is 10.5. The van der Waals surface area contributed by atoms with Crippen LogP contribution in [0.5, 0.6) is 17.2 Å². The number of carbonyl (C=O) groups is 1.